The van der Waals surface area contributed by atoms with Crippen LogP contribution in [0, 0.1) is 5.82 Å². The molecule has 0 spiro atoms. The van der Waals surface area contributed by atoms with Gasteiger partial charge in [0, 0.05) is 18.5 Å². The van der Waals surface area contributed by atoms with Crippen LogP contribution in [0.4, 0.5) is 10.1 Å². The Morgan fingerprint density at radius 2 is 1.67 bits per heavy atom. The minimum atomic E-state index is -0.456. The lowest BCUT2D eigenvalue weighted by atomic mass is 10.2. The van der Waals surface area contributed by atoms with Crippen molar-refractivity contribution in [2.45, 2.75) is 0 Å². The summed E-state index contributed by atoms with van der Waals surface area (Å²) < 4.78 is 12.9. The van der Waals surface area contributed by atoms with Gasteiger partial charge in [0.05, 0.1) is 16.7 Å². The number of nitrogens with two attached hydrogens (primary N) is 1. The Morgan fingerprint density at radius 3 is 2.33 bits per heavy atom. The second kappa shape index (κ2) is 2.41. The van der Waals surface area contributed by atoms with E-state index < -0.39 is 5.82 Å². The molecule has 0 aliphatic rings. The number of hydrogen-bond acceptors (Lipinski definition) is 3. The minimum Gasteiger partial charge on any atom is -0.396 e. The maximum Gasteiger partial charge on any atom is 0.148 e. The topological polar surface area (TPSA) is 51.8 Å². The summed E-state index contributed by atoms with van der Waals surface area (Å²) in [6, 6.07) is 2.75. The number of rotatable bonds is 0. The number of aromatic nitrogens is 2. The lowest BCUT2D eigenvalue weighted by molar-refractivity contribution is 0.634. The monoisotopic (exact) mass is 163 g/mol. The highest BCUT2D eigenvalue weighted by Crippen LogP contribution is 2.16. The molecule has 0 atom stereocenters. The summed E-state index contributed by atoms with van der Waals surface area (Å²) in [5.74, 6) is -0.456. The normalized spacial score (nSPS) is 10.4. The third-order valence-corrected chi connectivity index (χ3v) is 1.59. The molecule has 60 valence electrons. The molecule has 1 heterocycles. The van der Waals surface area contributed by atoms with Crippen LogP contribution < -0.4 is 5.73 Å². The Labute approximate surface area is 68.1 Å². The zero-order chi connectivity index (χ0) is 8.55. The number of nitrogen functional groups attached to an aromatic ring is 1. The van der Waals surface area contributed by atoms with Crippen LogP contribution in [0.3, 0.4) is 0 Å². The summed E-state index contributed by atoms with van der Waals surface area (Å²) in [4.78, 5) is 7.90. The van der Waals surface area contributed by atoms with Gasteiger partial charge in [-0.25, -0.2) is 4.39 Å². The molecule has 2 N–H and O–H groups in total. The van der Waals surface area contributed by atoms with Crippen LogP contribution >= 0.6 is 0 Å². The molecule has 0 bridgehead atoms. The van der Waals surface area contributed by atoms with Crippen LogP contribution in [-0.4, -0.2) is 9.97 Å². The van der Waals surface area contributed by atoms with E-state index >= 15 is 0 Å². The first-order valence-corrected chi connectivity index (χ1v) is 3.43. The Bertz CT molecular complexity index is 387. The summed E-state index contributed by atoms with van der Waals surface area (Å²) in [6.45, 7) is 0. The molecule has 12 heavy (non-hydrogen) atoms. The van der Waals surface area contributed by atoms with Gasteiger partial charge in [-0.2, -0.15) is 0 Å². The second-order valence-electron chi connectivity index (χ2n) is 2.42. The van der Waals surface area contributed by atoms with Crippen molar-refractivity contribution in [1.29, 1.82) is 0 Å². The lowest BCUT2D eigenvalue weighted by Crippen LogP contribution is -1.92. The van der Waals surface area contributed by atoms with Gasteiger partial charge in [0.25, 0.3) is 0 Å². The zero-order valence-electron chi connectivity index (χ0n) is 6.16. The number of fused-ring (bicyclic) bond motifs is 1. The number of benzene rings is 1. The molecule has 0 unspecified atom stereocenters. The summed E-state index contributed by atoms with van der Waals surface area (Å²) in [7, 11) is 0. The van der Waals surface area contributed by atoms with Crippen LogP contribution in [0.5, 0.6) is 0 Å². The molecule has 0 fully saturated rings. The standard InChI is InChI=1S/C8H6FN3/c9-5-3-7-8(4-6(5)10)12-2-1-11-7/h1-4H,10H2. The van der Waals surface area contributed by atoms with Crippen molar-refractivity contribution in [1.82, 2.24) is 9.97 Å². The van der Waals surface area contributed by atoms with E-state index in [1.807, 2.05) is 0 Å². The van der Waals surface area contributed by atoms with Gasteiger partial charge in [-0.15, -0.1) is 0 Å². The first kappa shape index (κ1) is 6.97. The molecule has 0 radical (unpaired) electrons. The first-order chi connectivity index (χ1) is 5.77. The van der Waals surface area contributed by atoms with Crippen LogP contribution in [0.25, 0.3) is 11.0 Å². The van der Waals surface area contributed by atoms with Crippen molar-refractivity contribution >= 4 is 16.7 Å². The van der Waals surface area contributed by atoms with Gasteiger partial charge >= 0.3 is 0 Å². The Kier molecular flexibility index (Phi) is 1.40. The van der Waals surface area contributed by atoms with E-state index in [4.69, 9.17) is 5.73 Å². The molecule has 0 aliphatic heterocycles. The number of nitrogens with zero attached hydrogens (tertiary/aromatic N) is 2. The van der Waals surface area contributed by atoms with Crippen LogP contribution in [0.1, 0.15) is 0 Å². The van der Waals surface area contributed by atoms with Crippen molar-refractivity contribution in [2.75, 3.05) is 5.73 Å². The maximum atomic E-state index is 12.9. The van der Waals surface area contributed by atoms with Crippen LogP contribution in [-0.2, 0) is 0 Å². The fourth-order valence-corrected chi connectivity index (χ4v) is 1.00. The molecule has 2 rings (SSSR count). The third-order valence-electron chi connectivity index (χ3n) is 1.59. The highest BCUT2D eigenvalue weighted by Gasteiger charge is 2.01. The average molecular weight is 163 g/mol. The highest BCUT2D eigenvalue weighted by molar-refractivity contribution is 5.77. The quantitative estimate of drug-likeness (QED) is 0.596. The van der Waals surface area contributed by atoms with Crippen molar-refractivity contribution < 1.29 is 4.39 Å². The van der Waals surface area contributed by atoms with Crippen molar-refractivity contribution in [3.05, 3.63) is 30.3 Å². The van der Waals surface area contributed by atoms with Crippen LogP contribution in [0.2, 0.25) is 0 Å². The molecule has 0 saturated carbocycles. The molecule has 1 aromatic carbocycles. The molecule has 4 heteroatoms. The highest BCUT2D eigenvalue weighted by atomic mass is 19.1. The van der Waals surface area contributed by atoms with Gasteiger partial charge in [0.2, 0.25) is 0 Å². The summed E-state index contributed by atoms with van der Waals surface area (Å²) >= 11 is 0. The molecule has 3 nitrogen and oxygen atoms in total. The molecule has 1 aromatic heterocycles. The largest absolute Gasteiger partial charge is 0.396 e. The molecule has 2 aromatic rings. The van der Waals surface area contributed by atoms with Gasteiger partial charge in [0.1, 0.15) is 5.82 Å². The fraction of sp³-hybridized carbons (Fsp3) is 0. The van der Waals surface area contributed by atoms with E-state index in [0.717, 1.165) is 0 Å². The predicted molar refractivity (Wildman–Crippen MR) is 43.9 cm³/mol. The SMILES string of the molecule is Nc1cc2nccnc2cc1F. The Balaban J connectivity index is 2.84. The molecular formula is C8H6FN3. The molecule has 0 amide bonds. The number of anilines is 1. The van der Waals surface area contributed by atoms with E-state index in [2.05, 4.69) is 9.97 Å². The van der Waals surface area contributed by atoms with Gasteiger partial charge in [0.15, 0.2) is 0 Å². The Morgan fingerprint density at radius 1 is 1.08 bits per heavy atom. The van der Waals surface area contributed by atoms with Gasteiger partial charge in [-0.1, -0.05) is 0 Å². The zero-order valence-corrected chi connectivity index (χ0v) is 6.16. The van der Waals surface area contributed by atoms with E-state index in [9.17, 15) is 4.39 Å². The summed E-state index contributed by atoms with van der Waals surface area (Å²) in [5.41, 5.74) is 6.57. The van der Waals surface area contributed by atoms with E-state index in [-0.39, 0.29) is 5.69 Å². The number of hydrogen-bond donors (Lipinski definition) is 1. The van der Waals surface area contributed by atoms with Gasteiger partial charge in [-0.3, -0.25) is 9.97 Å². The van der Waals surface area contributed by atoms with E-state index in [1.54, 1.807) is 6.20 Å². The molecule has 0 aliphatic carbocycles. The second-order valence-corrected chi connectivity index (χ2v) is 2.42. The lowest BCUT2D eigenvalue weighted by Gasteiger charge is -1.98. The number of halogens is 1. The van der Waals surface area contributed by atoms with Crippen molar-refractivity contribution in [3.8, 4) is 0 Å². The van der Waals surface area contributed by atoms with Crippen molar-refractivity contribution in [3.63, 3.8) is 0 Å². The van der Waals surface area contributed by atoms with Gasteiger partial charge < -0.3 is 5.73 Å². The maximum absolute atomic E-state index is 12.9. The smallest absolute Gasteiger partial charge is 0.148 e. The van der Waals surface area contributed by atoms with Gasteiger partial charge in [-0.05, 0) is 6.07 Å². The van der Waals surface area contributed by atoms with Crippen molar-refractivity contribution in [2.24, 2.45) is 0 Å². The average Bonchev–Trinajstić information content (AvgIpc) is 2.07. The Hall–Kier alpha value is -1.71. The molecule has 0 saturated heterocycles. The molecular weight excluding hydrogens is 157 g/mol. The third kappa shape index (κ3) is 0.972. The van der Waals surface area contributed by atoms with E-state index in [0.29, 0.717) is 11.0 Å². The summed E-state index contributed by atoms with van der Waals surface area (Å²) in [5, 5.41) is 0. The summed E-state index contributed by atoms with van der Waals surface area (Å²) in [6.07, 6.45) is 3.05. The minimum absolute atomic E-state index is 0.100. The predicted octanol–water partition coefficient (Wildman–Crippen LogP) is 1.35. The van der Waals surface area contributed by atoms with Crippen LogP contribution in [0.15, 0.2) is 24.5 Å². The van der Waals surface area contributed by atoms with E-state index in [1.165, 1.54) is 18.3 Å². The first-order valence-electron chi connectivity index (χ1n) is 3.43. The fourth-order valence-electron chi connectivity index (χ4n) is 1.00.